The third-order valence-corrected chi connectivity index (χ3v) is 3.73. The molecule has 1 rings (SSSR count). The predicted molar refractivity (Wildman–Crippen MR) is 61.7 cm³/mol. The molecule has 0 spiro atoms. The first-order chi connectivity index (χ1) is 7.36. The van der Waals surface area contributed by atoms with Crippen molar-refractivity contribution in [2.24, 2.45) is 7.05 Å². The molecule has 1 unspecified atom stereocenters. The van der Waals surface area contributed by atoms with Crippen LogP contribution in [0.2, 0.25) is 0 Å². The first kappa shape index (κ1) is 13.1. The van der Waals surface area contributed by atoms with Crippen molar-refractivity contribution in [2.75, 3.05) is 13.6 Å². The molecule has 0 amide bonds. The Morgan fingerprint density at radius 3 is 2.62 bits per heavy atom. The topological polar surface area (TPSA) is 76.0 Å². The van der Waals surface area contributed by atoms with Gasteiger partial charge in [0.1, 0.15) is 5.82 Å². The average Bonchev–Trinajstić information content (AvgIpc) is 2.56. The van der Waals surface area contributed by atoms with Crippen molar-refractivity contribution in [2.45, 2.75) is 24.9 Å². The fraction of sp³-hybridized carbons (Fsp3) is 0.667. The summed E-state index contributed by atoms with van der Waals surface area (Å²) in [7, 11) is 0.0541. The highest BCUT2D eigenvalue weighted by molar-refractivity contribution is 7.89. The van der Waals surface area contributed by atoms with Crippen LogP contribution in [0.25, 0.3) is 0 Å². The molecular weight excluding hydrogens is 228 g/mol. The Bertz CT molecular complexity index is 433. The molecule has 1 heterocycles. The molecule has 7 heteroatoms. The zero-order valence-corrected chi connectivity index (χ0v) is 10.8. The van der Waals surface area contributed by atoms with E-state index < -0.39 is 10.0 Å². The molecule has 1 aromatic heterocycles. The first-order valence-corrected chi connectivity index (χ1v) is 6.52. The van der Waals surface area contributed by atoms with Crippen LogP contribution in [0, 0.1) is 6.92 Å². The fourth-order valence-electron chi connectivity index (χ4n) is 1.07. The standard InChI is InChI=1S/C9H18N4O2S/c1-7(10-3)5-11-16(14,15)9-6-13(4)8(2)12-9/h6-7,10-11H,5H2,1-4H3. The van der Waals surface area contributed by atoms with Crippen molar-refractivity contribution >= 4 is 10.0 Å². The molecule has 0 radical (unpaired) electrons. The van der Waals surface area contributed by atoms with Crippen molar-refractivity contribution < 1.29 is 8.42 Å². The minimum atomic E-state index is -3.49. The molecule has 0 saturated heterocycles. The van der Waals surface area contributed by atoms with Gasteiger partial charge in [-0.15, -0.1) is 0 Å². The number of likely N-dealkylation sites (N-methyl/N-ethyl adjacent to an activating group) is 1. The van der Waals surface area contributed by atoms with E-state index in [4.69, 9.17) is 0 Å². The van der Waals surface area contributed by atoms with Gasteiger partial charge in [-0.05, 0) is 20.9 Å². The lowest BCUT2D eigenvalue weighted by Crippen LogP contribution is -2.37. The summed E-state index contributed by atoms with van der Waals surface area (Å²) < 4.78 is 27.8. The highest BCUT2D eigenvalue weighted by atomic mass is 32.2. The van der Waals surface area contributed by atoms with E-state index in [0.29, 0.717) is 12.4 Å². The summed E-state index contributed by atoms with van der Waals surface area (Å²) in [6, 6.07) is 0.0829. The van der Waals surface area contributed by atoms with Crippen molar-refractivity contribution in [3.8, 4) is 0 Å². The summed E-state index contributed by atoms with van der Waals surface area (Å²) in [5.74, 6) is 0.669. The molecule has 0 fully saturated rings. The number of imidazole rings is 1. The van der Waals surface area contributed by atoms with Crippen LogP contribution in [0.1, 0.15) is 12.7 Å². The molecule has 2 N–H and O–H groups in total. The van der Waals surface area contributed by atoms with E-state index in [1.54, 1.807) is 25.6 Å². The predicted octanol–water partition coefficient (Wildman–Crippen LogP) is -0.385. The number of nitrogens with one attached hydrogen (secondary N) is 2. The summed E-state index contributed by atoms with van der Waals surface area (Å²) >= 11 is 0. The molecular formula is C9H18N4O2S. The quantitative estimate of drug-likeness (QED) is 0.742. The SMILES string of the molecule is CNC(C)CNS(=O)(=O)c1cn(C)c(C)n1. The lowest BCUT2D eigenvalue weighted by molar-refractivity contribution is 0.552. The molecule has 0 saturated carbocycles. The number of aromatic nitrogens is 2. The maximum Gasteiger partial charge on any atom is 0.259 e. The Labute approximate surface area is 96.1 Å². The van der Waals surface area contributed by atoms with E-state index in [2.05, 4.69) is 15.0 Å². The third-order valence-electron chi connectivity index (χ3n) is 2.43. The van der Waals surface area contributed by atoms with Gasteiger partial charge in [0.15, 0.2) is 5.03 Å². The van der Waals surface area contributed by atoms with E-state index in [-0.39, 0.29) is 11.1 Å². The van der Waals surface area contributed by atoms with Crippen LogP contribution in [0.5, 0.6) is 0 Å². The zero-order chi connectivity index (χ0) is 12.3. The molecule has 92 valence electrons. The van der Waals surface area contributed by atoms with E-state index >= 15 is 0 Å². The second kappa shape index (κ2) is 4.94. The monoisotopic (exact) mass is 246 g/mol. The summed E-state index contributed by atoms with van der Waals surface area (Å²) in [4.78, 5) is 3.98. The minimum absolute atomic E-state index is 0.0656. The normalized spacial score (nSPS) is 14.0. The fourth-order valence-corrected chi connectivity index (χ4v) is 2.23. The van der Waals surface area contributed by atoms with Crippen molar-refractivity contribution in [3.63, 3.8) is 0 Å². The Kier molecular flexibility index (Phi) is 4.06. The van der Waals surface area contributed by atoms with E-state index in [9.17, 15) is 8.42 Å². The molecule has 1 atom stereocenters. The Morgan fingerprint density at radius 1 is 1.56 bits per heavy atom. The van der Waals surface area contributed by atoms with Crippen LogP contribution in [0.3, 0.4) is 0 Å². The van der Waals surface area contributed by atoms with Crippen LogP contribution < -0.4 is 10.0 Å². The largest absolute Gasteiger partial charge is 0.337 e. The summed E-state index contributed by atoms with van der Waals surface area (Å²) in [6.45, 7) is 4.00. The molecule has 16 heavy (non-hydrogen) atoms. The lowest BCUT2D eigenvalue weighted by Gasteiger charge is -2.10. The molecule has 0 aromatic carbocycles. The average molecular weight is 246 g/mol. The van der Waals surface area contributed by atoms with E-state index in [1.165, 1.54) is 6.20 Å². The van der Waals surface area contributed by atoms with Gasteiger partial charge >= 0.3 is 0 Å². The zero-order valence-electron chi connectivity index (χ0n) is 9.98. The van der Waals surface area contributed by atoms with Gasteiger partial charge in [-0.2, -0.15) is 0 Å². The number of hydrogen-bond donors (Lipinski definition) is 2. The number of rotatable bonds is 5. The Hall–Kier alpha value is -0.920. The van der Waals surface area contributed by atoms with Crippen molar-refractivity contribution in [3.05, 3.63) is 12.0 Å². The molecule has 0 aliphatic carbocycles. The molecule has 1 aromatic rings. The molecule has 0 aliphatic rings. The molecule has 0 bridgehead atoms. The highest BCUT2D eigenvalue weighted by Gasteiger charge is 2.18. The highest BCUT2D eigenvalue weighted by Crippen LogP contribution is 2.06. The van der Waals surface area contributed by atoms with Gasteiger partial charge < -0.3 is 9.88 Å². The Balaban J connectivity index is 2.78. The summed E-state index contributed by atoms with van der Waals surface area (Å²) in [5, 5.41) is 3.02. The second-order valence-electron chi connectivity index (χ2n) is 3.78. The van der Waals surface area contributed by atoms with Crippen LogP contribution in [0.4, 0.5) is 0 Å². The second-order valence-corrected chi connectivity index (χ2v) is 5.49. The Morgan fingerprint density at radius 2 is 2.19 bits per heavy atom. The van der Waals surface area contributed by atoms with Crippen LogP contribution >= 0.6 is 0 Å². The van der Waals surface area contributed by atoms with Gasteiger partial charge in [-0.3, -0.25) is 0 Å². The van der Waals surface area contributed by atoms with Gasteiger partial charge in [-0.25, -0.2) is 18.1 Å². The number of hydrogen-bond acceptors (Lipinski definition) is 4. The maximum atomic E-state index is 11.8. The summed E-state index contributed by atoms with van der Waals surface area (Å²) in [6.07, 6.45) is 1.50. The minimum Gasteiger partial charge on any atom is -0.337 e. The van der Waals surface area contributed by atoms with E-state index in [1.807, 2.05) is 6.92 Å². The smallest absolute Gasteiger partial charge is 0.259 e. The van der Waals surface area contributed by atoms with Gasteiger partial charge in [-0.1, -0.05) is 0 Å². The van der Waals surface area contributed by atoms with Gasteiger partial charge in [0.25, 0.3) is 10.0 Å². The van der Waals surface area contributed by atoms with Crippen molar-refractivity contribution in [1.82, 2.24) is 19.6 Å². The van der Waals surface area contributed by atoms with Gasteiger partial charge in [0, 0.05) is 25.8 Å². The number of aryl methyl sites for hydroxylation is 2. The van der Waals surface area contributed by atoms with Gasteiger partial charge in [0.05, 0.1) is 0 Å². The van der Waals surface area contributed by atoms with Crippen LogP contribution in [0.15, 0.2) is 11.2 Å². The maximum absolute atomic E-state index is 11.8. The van der Waals surface area contributed by atoms with Crippen molar-refractivity contribution in [1.29, 1.82) is 0 Å². The third kappa shape index (κ3) is 3.03. The van der Waals surface area contributed by atoms with Gasteiger partial charge in [0.2, 0.25) is 0 Å². The van der Waals surface area contributed by atoms with Crippen LogP contribution in [-0.4, -0.2) is 37.6 Å². The number of nitrogens with zero attached hydrogens (tertiary/aromatic N) is 2. The first-order valence-electron chi connectivity index (χ1n) is 5.03. The summed E-state index contributed by atoms with van der Waals surface area (Å²) in [5.41, 5.74) is 0. The number of sulfonamides is 1. The molecule has 6 nitrogen and oxygen atoms in total. The van der Waals surface area contributed by atoms with E-state index in [0.717, 1.165) is 0 Å². The van der Waals surface area contributed by atoms with Crippen LogP contribution in [-0.2, 0) is 17.1 Å². The molecule has 0 aliphatic heterocycles. The lowest BCUT2D eigenvalue weighted by atomic mass is 10.4.